The van der Waals surface area contributed by atoms with E-state index in [4.69, 9.17) is 0 Å². The van der Waals surface area contributed by atoms with Crippen LogP contribution in [0.1, 0.15) is 66.5 Å². The van der Waals surface area contributed by atoms with Crippen molar-refractivity contribution in [2.24, 2.45) is 11.8 Å². The first-order valence-corrected chi connectivity index (χ1v) is 7.35. The summed E-state index contributed by atoms with van der Waals surface area (Å²) in [5.74, 6) is 1.46. The van der Waals surface area contributed by atoms with Crippen LogP contribution in [0.3, 0.4) is 0 Å². The van der Waals surface area contributed by atoms with Crippen molar-refractivity contribution in [1.82, 2.24) is 0 Å². The number of phenolic OH excluding ortho intramolecular Hbond substituents is 1. The van der Waals surface area contributed by atoms with Crippen LogP contribution in [0.15, 0.2) is 18.2 Å². The highest BCUT2D eigenvalue weighted by molar-refractivity contribution is 5.43. The van der Waals surface area contributed by atoms with Gasteiger partial charge in [-0.25, -0.2) is 0 Å². The lowest BCUT2D eigenvalue weighted by atomic mass is 9.70. The Morgan fingerprint density at radius 1 is 0.842 bits per heavy atom. The van der Waals surface area contributed by atoms with Crippen LogP contribution in [0.2, 0.25) is 0 Å². The van der Waals surface area contributed by atoms with Gasteiger partial charge in [-0.2, -0.15) is 0 Å². The molecule has 1 aromatic rings. The highest BCUT2D eigenvalue weighted by atomic mass is 16.3. The molecule has 108 valence electrons. The molecule has 1 nitrogen and oxygen atoms in total. The van der Waals surface area contributed by atoms with Gasteiger partial charge in [-0.15, -0.1) is 0 Å². The third-order valence-electron chi connectivity index (χ3n) is 5.32. The van der Waals surface area contributed by atoms with E-state index in [1.807, 2.05) is 6.07 Å². The molecule has 0 aliphatic rings. The molecule has 0 unspecified atom stereocenters. The van der Waals surface area contributed by atoms with Gasteiger partial charge in [0.15, 0.2) is 0 Å². The zero-order chi connectivity index (χ0) is 15.0. The van der Waals surface area contributed by atoms with E-state index in [2.05, 4.69) is 67.5 Å². The molecule has 1 N–H and O–H groups in total. The van der Waals surface area contributed by atoms with Gasteiger partial charge in [0.25, 0.3) is 0 Å². The van der Waals surface area contributed by atoms with Crippen molar-refractivity contribution in [3.63, 3.8) is 0 Å². The Balaban J connectivity index is 3.38. The second kappa shape index (κ2) is 5.19. The van der Waals surface area contributed by atoms with Gasteiger partial charge in [0.2, 0.25) is 0 Å². The van der Waals surface area contributed by atoms with E-state index < -0.39 is 0 Å². The maximum absolute atomic E-state index is 10.2. The minimum Gasteiger partial charge on any atom is -0.508 e. The smallest absolute Gasteiger partial charge is 0.119 e. The van der Waals surface area contributed by atoms with E-state index in [-0.39, 0.29) is 10.8 Å². The summed E-state index contributed by atoms with van der Waals surface area (Å²) in [7, 11) is 0. The van der Waals surface area contributed by atoms with Crippen molar-refractivity contribution >= 4 is 0 Å². The maximum atomic E-state index is 10.2. The number of phenols is 1. The molecule has 0 fully saturated rings. The molecule has 1 rings (SSSR count). The first-order valence-electron chi connectivity index (χ1n) is 7.35. The number of aromatic hydroxyl groups is 1. The van der Waals surface area contributed by atoms with Crippen LogP contribution in [0, 0.1) is 11.8 Å². The zero-order valence-electron chi connectivity index (χ0n) is 13.8. The summed E-state index contributed by atoms with van der Waals surface area (Å²) < 4.78 is 0. The Morgan fingerprint density at radius 2 is 1.32 bits per heavy atom. The van der Waals surface area contributed by atoms with Crippen molar-refractivity contribution in [3.05, 3.63) is 29.3 Å². The summed E-state index contributed by atoms with van der Waals surface area (Å²) in [5, 5.41) is 10.2. The molecule has 0 saturated heterocycles. The molecule has 0 aliphatic carbocycles. The zero-order valence-corrected chi connectivity index (χ0v) is 13.8. The fourth-order valence-corrected chi connectivity index (χ4v) is 2.10. The fourth-order valence-electron chi connectivity index (χ4n) is 2.10. The van der Waals surface area contributed by atoms with Crippen LogP contribution in [0.4, 0.5) is 0 Å². The maximum Gasteiger partial charge on any atom is 0.119 e. The first kappa shape index (κ1) is 16.1. The molecule has 0 aromatic heterocycles. The van der Waals surface area contributed by atoms with Gasteiger partial charge in [0.05, 0.1) is 0 Å². The first-order chi connectivity index (χ1) is 8.51. The van der Waals surface area contributed by atoms with Gasteiger partial charge in [0, 0.05) is 5.56 Å². The van der Waals surface area contributed by atoms with Gasteiger partial charge in [-0.3, -0.25) is 0 Å². The molecule has 0 amide bonds. The van der Waals surface area contributed by atoms with Crippen molar-refractivity contribution < 1.29 is 5.11 Å². The molecule has 1 heteroatoms. The lowest BCUT2D eigenvalue weighted by Crippen LogP contribution is -2.28. The van der Waals surface area contributed by atoms with E-state index in [0.717, 1.165) is 5.56 Å². The highest BCUT2D eigenvalue weighted by Gasteiger charge is 2.31. The van der Waals surface area contributed by atoms with Crippen molar-refractivity contribution in [2.75, 3.05) is 0 Å². The van der Waals surface area contributed by atoms with Crippen molar-refractivity contribution in [1.29, 1.82) is 0 Å². The van der Waals surface area contributed by atoms with Crippen molar-refractivity contribution in [3.8, 4) is 5.75 Å². The second-order valence-electron chi connectivity index (χ2n) is 7.48. The molecule has 0 aliphatic heterocycles. The minimum absolute atomic E-state index is 0.0207. The summed E-state index contributed by atoms with van der Waals surface area (Å²) in [4.78, 5) is 0. The Bertz CT molecular complexity index is 439. The SMILES string of the molecule is CC(C)C(C)(C)c1ccc(O)c(C(C)(C)C(C)C)c1. The molecule has 19 heavy (non-hydrogen) atoms. The highest BCUT2D eigenvalue weighted by Crippen LogP contribution is 2.40. The molecular formula is C18H30O. The lowest BCUT2D eigenvalue weighted by Gasteiger charge is -2.34. The predicted molar refractivity (Wildman–Crippen MR) is 83.8 cm³/mol. The lowest BCUT2D eigenvalue weighted by molar-refractivity contribution is 0.344. The molecule has 0 heterocycles. The van der Waals surface area contributed by atoms with E-state index >= 15 is 0 Å². The van der Waals surface area contributed by atoms with E-state index in [0.29, 0.717) is 17.6 Å². The topological polar surface area (TPSA) is 20.2 Å². The van der Waals surface area contributed by atoms with Gasteiger partial charge >= 0.3 is 0 Å². The summed E-state index contributed by atoms with van der Waals surface area (Å²) in [5.41, 5.74) is 2.47. The fraction of sp³-hybridized carbons (Fsp3) is 0.667. The molecular weight excluding hydrogens is 232 g/mol. The quantitative estimate of drug-likeness (QED) is 0.784. The Hall–Kier alpha value is -0.980. The van der Waals surface area contributed by atoms with Crippen LogP contribution >= 0.6 is 0 Å². The minimum atomic E-state index is -0.0207. The number of hydrogen-bond donors (Lipinski definition) is 1. The largest absolute Gasteiger partial charge is 0.508 e. The van der Waals surface area contributed by atoms with Crippen LogP contribution < -0.4 is 0 Å². The van der Waals surface area contributed by atoms with E-state index in [9.17, 15) is 5.11 Å². The number of hydrogen-bond acceptors (Lipinski definition) is 1. The number of rotatable bonds is 4. The average molecular weight is 262 g/mol. The summed E-state index contributed by atoms with van der Waals surface area (Å²) in [6.45, 7) is 17.9. The average Bonchev–Trinajstić information content (AvgIpc) is 2.28. The Morgan fingerprint density at radius 3 is 1.74 bits per heavy atom. The third-order valence-corrected chi connectivity index (χ3v) is 5.32. The van der Waals surface area contributed by atoms with Gasteiger partial charge in [-0.05, 0) is 34.3 Å². The van der Waals surface area contributed by atoms with Gasteiger partial charge < -0.3 is 5.11 Å². The molecule has 0 radical (unpaired) electrons. The third kappa shape index (κ3) is 2.96. The van der Waals surface area contributed by atoms with Crippen LogP contribution in [-0.4, -0.2) is 5.11 Å². The normalized spacial score (nSPS) is 13.4. The van der Waals surface area contributed by atoms with Gasteiger partial charge in [-0.1, -0.05) is 67.5 Å². The van der Waals surface area contributed by atoms with Crippen LogP contribution in [0.25, 0.3) is 0 Å². The molecule has 1 aromatic carbocycles. The van der Waals surface area contributed by atoms with E-state index in [1.54, 1.807) is 0 Å². The molecule has 0 saturated carbocycles. The van der Waals surface area contributed by atoms with Crippen molar-refractivity contribution in [2.45, 2.75) is 66.2 Å². The summed E-state index contributed by atoms with van der Waals surface area (Å²) in [6.07, 6.45) is 0. The monoisotopic (exact) mass is 262 g/mol. The Labute approximate surface area is 119 Å². The Kier molecular flexibility index (Phi) is 4.39. The predicted octanol–water partition coefficient (Wildman–Crippen LogP) is 5.26. The summed E-state index contributed by atoms with van der Waals surface area (Å²) in [6, 6.07) is 6.13. The standard InChI is InChI=1S/C18H30O/c1-12(2)17(5,6)14-9-10-16(19)15(11-14)18(7,8)13(3)4/h9-13,19H,1-8H3. The molecule has 0 spiro atoms. The molecule has 0 bridgehead atoms. The van der Waals surface area contributed by atoms with Crippen LogP contribution in [-0.2, 0) is 10.8 Å². The van der Waals surface area contributed by atoms with E-state index in [1.165, 1.54) is 5.56 Å². The van der Waals surface area contributed by atoms with Gasteiger partial charge in [0.1, 0.15) is 5.75 Å². The molecule has 0 atom stereocenters. The summed E-state index contributed by atoms with van der Waals surface area (Å²) >= 11 is 0. The van der Waals surface area contributed by atoms with Crippen LogP contribution in [0.5, 0.6) is 5.75 Å². The number of benzene rings is 1. The second-order valence-corrected chi connectivity index (χ2v) is 7.48.